The molecule has 3 aromatic carbocycles. The highest BCUT2D eigenvalue weighted by Crippen LogP contribution is 2.65. The van der Waals surface area contributed by atoms with Crippen molar-refractivity contribution in [2.24, 2.45) is 5.92 Å². The van der Waals surface area contributed by atoms with Crippen LogP contribution >= 0.6 is 69.6 Å². The van der Waals surface area contributed by atoms with Crippen LogP contribution in [0.2, 0.25) is 20.1 Å². The van der Waals surface area contributed by atoms with E-state index in [0.717, 1.165) is 6.07 Å². The minimum Gasteiger partial charge on any atom is -0.326 e. The predicted octanol–water partition coefficient (Wildman–Crippen LogP) is 8.39. The van der Waals surface area contributed by atoms with Gasteiger partial charge in [0.25, 0.3) is 0 Å². The fourth-order valence-corrected chi connectivity index (χ4v) is 5.55. The third kappa shape index (κ3) is 5.33. The Hall–Kier alpha value is -1.53. The van der Waals surface area contributed by atoms with Gasteiger partial charge in [-0.15, -0.1) is 23.2 Å². The molecule has 0 heterocycles. The number of alkyl halides is 2. The largest absolute Gasteiger partial charge is 0.326 e. The van der Waals surface area contributed by atoms with Crippen LogP contribution in [0.25, 0.3) is 0 Å². The zero-order chi connectivity index (χ0) is 24.8. The Bertz CT molecular complexity index is 1290. The molecule has 1 saturated carbocycles. The maximum Gasteiger partial charge on any atom is 0.231 e. The predicted molar refractivity (Wildman–Crippen MR) is 137 cm³/mol. The number of rotatable bonds is 6. The second-order valence-corrected chi connectivity index (χ2v) is 11.0. The number of benzene rings is 3. The number of hydrogen-bond acceptors (Lipinski definition) is 2. The number of halogens is 7. The van der Waals surface area contributed by atoms with Crippen molar-refractivity contribution in [2.75, 3.05) is 5.32 Å². The Morgan fingerprint density at radius 2 is 1.56 bits per heavy atom. The Kier molecular flexibility index (Phi) is 7.40. The molecule has 0 radical (unpaired) electrons. The van der Waals surface area contributed by atoms with Crippen molar-refractivity contribution in [1.29, 1.82) is 0 Å². The van der Waals surface area contributed by atoms with Crippen LogP contribution in [0.4, 0.5) is 10.1 Å². The van der Waals surface area contributed by atoms with Gasteiger partial charge < -0.3 is 5.32 Å². The van der Waals surface area contributed by atoms with Crippen LogP contribution in [-0.4, -0.2) is 16.0 Å². The maximum atomic E-state index is 14.1. The van der Waals surface area contributed by atoms with Crippen molar-refractivity contribution < 1.29 is 14.0 Å². The Labute approximate surface area is 225 Å². The molecular formula is C24H14Cl6FNO2. The minimum absolute atomic E-state index is 0.130. The molecule has 3 nitrogen and oxygen atoms in total. The second-order valence-electron chi connectivity index (χ2n) is 7.85. The van der Waals surface area contributed by atoms with Gasteiger partial charge in [-0.2, -0.15) is 0 Å². The highest BCUT2D eigenvalue weighted by atomic mass is 35.5. The number of Topliss-reactive ketones (excluding diaryl/α,β-unsaturated/α-hetero) is 1. The standard InChI is InChI=1S/C24H14Cl6FNO2/c25-13-2-1-11(19(31)9-13)7-20(33)17-10-16(3-4-18(17)28)32-23(34)22-21(24(22,29)30)12-5-14(26)8-15(27)6-12/h1-6,8-10,21-22H,7H2,(H,32,34). The van der Waals surface area contributed by atoms with Gasteiger partial charge in [-0.1, -0.05) is 52.5 Å². The molecule has 0 aromatic heterocycles. The monoisotopic (exact) mass is 577 g/mol. The average Bonchev–Trinajstić information content (AvgIpc) is 3.33. The molecule has 0 saturated heterocycles. The van der Waals surface area contributed by atoms with Crippen LogP contribution < -0.4 is 5.32 Å². The number of ketones is 1. The molecule has 34 heavy (non-hydrogen) atoms. The van der Waals surface area contributed by atoms with Crippen molar-refractivity contribution in [3.05, 3.63) is 97.2 Å². The van der Waals surface area contributed by atoms with Gasteiger partial charge in [0.2, 0.25) is 5.91 Å². The highest BCUT2D eigenvalue weighted by Gasteiger charge is 2.67. The molecule has 2 unspecified atom stereocenters. The summed E-state index contributed by atoms with van der Waals surface area (Å²) in [6.07, 6.45) is -0.229. The molecular weight excluding hydrogens is 566 g/mol. The molecule has 3 aromatic rings. The topological polar surface area (TPSA) is 46.2 Å². The quantitative estimate of drug-likeness (QED) is 0.235. The highest BCUT2D eigenvalue weighted by molar-refractivity contribution is 6.53. The molecule has 1 aliphatic rings. The van der Waals surface area contributed by atoms with Crippen LogP contribution in [0.5, 0.6) is 0 Å². The van der Waals surface area contributed by atoms with Gasteiger partial charge >= 0.3 is 0 Å². The van der Waals surface area contributed by atoms with Crippen LogP contribution in [0, 0.1) is 11.7 Å². The SMILES string of the molecule is O=C(Cc1ccc(Cl)cc1F)c1cc(NC(=O)C2C(c3cc(Cl)cc(Cl)c3)C2(Cl)Cl)ccc1Cl. The molecule has 176 valence electrons. The lowest BCUT2D eigenvalue weighted by atomic mass is 10.0. The summed E-state index contributed by atoms with van der Waals surface area (Å²) in [5, 5.41) is 3.91. The number of amides is 1. The third-order valence-corrected chi connectivity index (χ3v) is 7.42. The lowest BCUT2D eigenvalue weighted by Gasteiger charge is -2.10. The fourth-order valence-electron chi connectivity index (χ4n) is 3.79. The number of carbonyl (C=O) groups excluding carboxylic acids is 2. The van der Waals surface area contributed by atoms with E-state index in [4.69, 9.17) is 69.6 Å². The van der Waals surface area contributed by atoms with Gasteiger partial charge in [0, 0.05) is 38.7 Å². The smallest absolute Gasteiger partial charge is 0.231 e. The van der Waals surface area contributed by atoms with E-state index < -0.39 is 33.7 Å². The van der Waals surface area contributed by atoms with E-state index in [0.29, 0.717) is 21.3 Å². The fraction of sp³-hybridized carbons (Fsp3) is 0.167. The first-order valence-electron chi connectivity index (χ1n) is 9.88. The first kappa shape index (κ1) is 25.6. The molecule has 1 aliphatic carbocycles. The first-order valence-corrected chi connectivity index (χ1v) is 12.2. The molecule has 1 N–H and O–H groups in total. The van der Waals surface area contributed by atoms with E-state index in [-0.39, 0.29) is 27.6 Å². The second kappa shape index (κ2) is 9.85. The normalized spacial score (nSPS) is 18.4. The summed E-state index contributed by atoms with van der Waals surface area (Å²) in [6, 6.07) is 13.4. The summed E-state index contributed by atoms with van der Waals surface area (Å²) in [6.45, 7) is 0. The van der Waals surface area contributed by atoms with Gasteiger partial charge in [-0.25, -0.2) is 4.39 Å². The number of carbonyl (C=O) groups is 2. The van der Waals surface area contributed by atoms with Crippen molar-refractivity contribution >= 4 is 87.0 Å². The van der Waals surface area contributed by atoms with Gasteiger partial charge in [0.05, 0.1) is 10.9 Å². The van der Waals surface area contributed by atoms with E-state index in [1.807, 2.05) is 0 Å². The van der Waals surface area contributed by atoms with Gasteiger partial charge in [-0.05, 0) is 59.7 Å². The van der Waals surface area contributed by atoms with E-state index in [1.54, 1.807) is 18.2 Å². The minimum atomic E-state index is -1.35. The lowest BCUT2D eigenvalue weighted by Crippen LogP contribution is -2.17. The van der Waals surface area contributed by atoms with E-state index in [1.165, 1.54) is 30.3 Å². The molecule has 0 spiro atoms. The van der Waals surface area contributed by atoms with Gasteiger partial charge in [-0.3, -0.25) is 9.59 Å². The Balaban J connectivity index is 1.52. The summed E-state index contributed by atoms with van der Waals surface area (Å²) in [7, 11) is 0. The molecule has 1 fully saturated rings. The zero-order valence-electron chi connectivity index (χ0n) is 17.0. The summed E-state index contributed by atoms with van der Waals surface area (Å²) >= 11 is 36.9. The van der Waals surface area contributed by atoms with E-state index >= 15 is 0 Å². The summed E-state index contributed by atoms with van der Waals surface area (Å²) in [5.41, 5.74) is 1.26. The van der Waals surface area contributed by atoms with Crippen molar-refractivity contribution in [2.45, 2.75) is 16.7 Å². The average molecular weight is 580 g/mol. The van der Waals surface area contributed by atoms with Crippen molar-refractivity contribution in [1.82, 2.24) is 0 Å². The number of anilines is 1. The van der Waals surface area contributed by atoms with Gasteiger partial charge in [0.1, 0.15) is 10.2 Å². The first-order chi connectivity index (χ1) is 16.0. The number of hydrogen-bond donors (Lipinski definition) is 1. The van der Waals surface area contributed by atoms with Crippen molar-refractivity contribution in [3.63, 3.8) is 0 Å². The molecule has 10 heteroatoms. The zero-order valence-corrected chi connectivity index (χ0v) is 21.6. The van der Waals surface area contributed by atoms with E-state index in [9.17, 15) is 14.0 Å². The molecule has 0 bridgehead atoms. The summed E-state index contributed by atoms with van der Waals surface area (Å²) < 4.78 is 12.8. The molecule has 4 rings (SSSR count). The lowest BCUT2D eigenvalue weighted by molar-refractivity contribution is -0.117. The van der Waals surface area contributed by atoms with Crippen molar-refractivity contribution in [3.8, 4) is 0 Å². The molecule has 2 atom stereocenters. The molecule has 0 aliphatic heterocycles. The maximum absolute atomic E-state index is 14.1. The third-order valence-electron chi connectivity index (χ3n) is 5.48. The number of nitrogens with one attached hydrogen (secondary N) is 1. The van der Waals surface area contributed by atoms with Crippen LogP contribution in [0.1, 0.15) is 27.4 Å². The summed E-state index contributed by atoms with van der Waals surface area (Å²) in [5.74, 6) is -2.76. The Morgan fingerprint density at radius 3 is 2.21 bits per heavy atom. The van der Waals surface area contributed by atoms with Gasteiger partial charge in [0.15, 0.2) is 5.78 Å². The molecule has 1 amide bonds. The van der Waals surface area contributed by atoms with E-state index in [2.05, 4.69) is 5.32 Å². The Morgan fingerprint density at radius 1 is 0.882 bits per heavy atom. The summed E-state index contributed by atoms with van der Waals surface area (Å²) in [4.78, 5) is 25.7. The van der Waals surface area contributed by atoms with Crippen LogP contribution in [0.3, 0.4) is 0 Å². The van der Waals surface area contributed by atoms with Crippen LogP contribution in [-0.2, 0) is 11.2 Å². The van der Waals surface area contributed by atoms with Crippen LogP contribution in [0.15, 0.2) is 54.6 Å².